The Balaban J connectivity index is 0.00000280. The van der Waals surface area contributed by atoms with Gasteiger partial charge < -0.3 is 10.6 Å². The normalized spacial score (nSPS) is 16.6. The summed E-state index contributed by atoms with van der Waals surface area (Å²) in [7, 11) is 0. The second-order valence-electron chi connectivity index (χ2n) is 7.36. The molecule has 1 aliphatic heterocycles. The molecule has 0 amide bonds. The first-order valence-electron chi connectivity index (χ1n) is 9.87. The van der Waals surface area contributed by atoms with E-state index in [0.717, 1.165) is 67.2 Å². The van der Waals surface area contributed by atoms with Gasteiger partial charge in [0.2, 0.25) is 0 Å². The minimum absolute atomic E-state index is 0. The maximum atomic E-state index is 4.77. The van der Waals surface area contributed by atoms with Crippen LogP contribution in [0.4, 0.5) is 0 Å². The fourth-order valence-electron chi connectivity index (χ4n) is 3.28. The van der Waals surface area contributed by atoms with Crippen molar-refractivity contribution in [1.82, 2.24) is 30.4 Å². The molecular weight excluding hydrogens is 485 g/mol. The van der Waals surface area contributed by atoms with Crippen LogP contribution in [0.25, 0.3) is 0 Å². The quantitative estimate of drug-likeness (QED) is 0.350. The van der Waals surface area contributed by atoms with Gasteiger partial charge in [0.05, 0.1) is 17.2 Å². The molecule has 156 valence electrons. The van der Waals surface area contributed by atoms with Crippen molar-refractivity contribution in [3.05, 3.63) is 27.2 Å². The highest BCUT2D eigenvalue weighted by Gasteiger charge is 2.23. The Morgan fingerprint density at radius 1 is 1.32 bits per heavy atom. The summed E-state index contributed by atoms with van der Waals surface area (Å²) in [6.07, 6.45) is 2.94. The van der Waals surface area contributed by atoms with Gasteiger partial charge in [-0.05, 0) is 27.2 Å². The molecule has 1 atom stereocenters. The summed E-state index contributed by atoms with van der Waals surface area (Å²) in [6.45, 7) is 13.0. The molecule has 2 N–H and O–H groups in total. The Labute approximate surface area is 188 Å². The van der Waals surface area contributed by atoms with Crippen LogP contribution in [-0.4, -0.2) is 44.8 Å². The molecule has 0 fully saturated rings. The lowest BCUT2D eigenvalue weighted by Gasteiger charge is -2.25. The highest BCUT2D eigenvalue weighted by atomic mass is 127. The topological polar surface area (TPSA) is 80.0 Å². The molecule has 1 unspecified atom stereocenters. The molecule has 0 spiro atoms. The summed E-state index contributed by atoms with van der Waals surface area (Å²) in [5, 5.41) is 12.7. The second-order valence-corrected chi connectivity index (χ2v) is 8.64. The van der Waals surface area contributed by atoms with Gasteiger partial charge in [0.15, 0.2) is 11.8 Å². The number of hydrogen-bond acceptors (Lipinski definition) is 5. The van der Waals surface area contributed by atoms with Gasteiger partial charge in [-0.3, -0.25) is 4.99 Å². The van der Waals surface area contributed by atoms with Gasteiger partial charge in [-0.15, -0.1) is 35.3 Å². The van der Waals surface area contributed by atoms with Crippen molar-refractivity contribution >= 4 is 41.3 Å². The number of nitrogens with one attached hydrogen (secondary N) is 2. The molecule has 28 heavy (non-hydrogen) atoms. The summed E-state index contributed by atoms with van der Waals surface area (Å²) in [4.78, 5) is 15.3. The van der Waals surface area contributed by atoms with Crippen molar-refractivity contribution in [2.75, 3.05) is 13.1 Å². The summed E-state index contributed by atoms with van der Waals surface area (Å²) >= 11 is 1.77. The van der Waals surface area contributed by atoms with Gasteiger partial charge in [0.1, 0.15) is 5.82 Å². The number of fused-ring (bicyclic) bond motifs is 1. The van der Waals surface area contributed by atoms with E-state index in [1.165, 1.54) is 4.88 Å². The molecule has 9 heteroatoms. The molecule has 0 aromatic carbocycles. The van der Waals surface area contributed by atoms with Gasteiger partial charge in [-0.25, -0.2) is 14.6 Å². The lowest BCUT2D eigenvalue weighted by atomic mass is 10.1. The Morgan fingerprint density at radius 3 is 2.75 bits per heavy atom. The van der Waals surface area contributed by atoms with Crippen molar-refractivity contribution < 1.29 is 0 Å². The predicted molar refractivity (Wildman–Crippen MR) is 126 cm³/mol. The number of rotatable bonds is 6. The number of aromatic nitrogens is 4. The minimum Gasteiger partial charge on any atom is -0.357 e. The third-order valence-electron chi connectivity index (χ3n) is 4.68. The van der Waals surface area contributed by atoms with Crippen molar-refractivity contribution in [2.45, 2.75) is 72.4 Å². The van der Waals surface area contributed by atoms with E-state index in [-0.39, 0.29) is 24.0 Å². The van der Waals surface area contributed by atoms with E-state index in [1.807, 2.05) is 0 Å². The zero-order valence-electron chi connectivity index (χ0n) is 17.4. The van der Waals surface area contributed by atoms with Crippen LogP contribution in [0.15, 0.2) is 4.99 Å². The van der Waals surface area contributed by atoms with E-state index in [4.69, 9.17) is 4.99 Å². The first kappa shape index (κ1) is 23.1. The molecule has 3 heterocycles. The lowest BCUT2D eigenvalue weighted by Crippen LogP contribution is -2.47. The summed E-state index contributed by atoms with van der Waals surface area (Å²) in [6, 6.07) is 0.324. The van der Waals surface area contributed by atoms with Gasteiger partial charge in [-0.1, -0.05) is 13.8 Å². The summed E-state index contributed by atoms with van der Waals surface area (Å²) in [5.41, 5.74) is 1.14. The van der Waals surface area contributed by atoms with Gasteiger partial charge >= 0.3 is 0 Å². The Hall–Kier alpha value is -1.23. The molecule has 3 rings (SSSR count). The third-order valence-corrected chi connectivity index (χ3v) is 5.82. The van der Waals surface area contributed by atoms with Crippen LogP contribution < -0.4 is 10.6 Å². The number of nitrogens with zero attached hydrogens (tertiary/aromatic N) is 5. The van der Waals surface area contributed by atoms with Crippen LogP contribution in [-0.2, 0) is 19.4 Å². The number of hydrogen-bond donors (Lipinski definition) is 2. The van der Waals surface area contributed by atoms with Crippen LogP contribution in [0.5, 0.6) is 0 Å². The zero-order valence-corrected chi connectivity index (χ0v) is 20.6. The van der Waals surface area contributed by atoms with Crippen molar-refractivity contribution in [3.8, 4) is 0 Å². The van der Waals surface area contributed by atoms with Gasteiger partial charge in [-0.2, -0.15) is 5.10 Å². The maximum absolute atomic E-state index is 4.77. The zero-order chi connectivity index (χ0) is 19.4. The van der Waals surface area contributed by atoms with Crippen LogP contribution in [0.2, 0.25) is 0 Å². The molecule has 2 aromatic heterocycles. The Bertz CT molecular complexity index is 796. The minimum atomic E-state index is 0. The van der Waals surface area contributed by atoms with Crippen molar-refractivity contribution in [2.24, 2.45) is 4.99 Å². The molecule has 0 aliphatic carbocycles. The summed E-state index contributed by atoms with van der Waals surface area (Å²) < 4.78 is 2.06. The van der Waals surface area contributed by atoms with E-state index in [1.54, 1.807) is 11.3 Å². The van der Waals surface area contributed by atoms with E-state index in [2.05, 4.69) is 65.0 Å². The van der Waals surface area contributed by atoms with Crippen molar-refractivity contribution in [1.29, 1.82) is 0 Å². The predicted octanol–water partition coefficient (Wildman–Crippen LogP) is 3.21. The van der Waals surface area contributed by atoms with Gasteiger partial charge in [0, 0.05) is 42.8 Å². The van der Waals surface area contributed by atoms with E-state index < -0.39 is 0 Å². The largest absolute Gasteiger partial charge is 0.357 e. The molecule has 0 saturated carbocycles. The Kier molecular flexibility index (Phi) is 8.66. The number of guanidine groups is 1. The number of aryl methyl sites for hydroxylation is 3. The SMILES string of the molecule is CCNC(=NCCc1sc(C)nc1C)NC1CCc2nc(C(C)C)nn2C1.I. The van der Waals surface area contributed by atoms with Crippen LogP contribution in [0.3, 0.4) is 0 Å². The molecule has 2 aromatic rings. The van der Waals surface area contributed by atoms with E-state index >= 15 is 0 Å². The molecule has 7 nitrogen and oxygen atoms in total. The fourth-order valence-corrected chi connectivity index (χ4v) is 4.20. The molecule has 0 bridgehead atoms. The number of aliphatic imine (C=N–C) groups is 1. The Morgan fingerprint density at radius 2 is 2.11 bits per heavy atom. The average Bonchev–Trinajstić information content (AvgIpc) is 3.17. The monoisotopic (exact) mass is 517 g/mol. The van der Waals surface area contributed by atoms with Crippen LogP contribution in [0, 0.1) is 13.8 Å². The van der Waals surface area contributed by atoms with Gasteiger partial charge in [0.25, 0.3) is 0 Å². The fraction of sp³-hybridized carbons (Fsp3) is 0.684. The van der Waals surface area contributed by atoms with Crippen LogP contribution in [0.1, 0.15) is 60.3 Å². The second kappa shape index (κ2) is 10.5. The van der Waals surface area contributed by atoms with Crippen molar-refractivity contribution in [3.63, 3.8) is 0 Å². The molecular formula is C19H32IN7S. The lowest BCUT2D eigenvalue weighted by molar-refractivity contribution is 0.391. The van der Waals surface area contributed by atoms with Crippen LogP contribution >= 0.6 is 35.3 Å². The first-order chi connectivity index (χ1) is 13.0. The highest BCUT2D eigenvalue weighted by Crippen LogP contribution is 2.18. The summed E-state index contributed by atoms with van der Waals surface area (Å²) in [5.74, 6) is 3.30. The highest BCUT2D eigenvalue weighted by molar-refractivity contribution is 14.0. The first-order valence-corrected chi connectivity index (χ1v) is 10.7. The molecule has 0 saturated heterocycles. The molecule has 0 radical (unpaired) electrons. The van der Waals surface area contributed by atoms with E-state index in [9.17, 15) is 0 Å². The standard InChI is InChI=1S/C19H31N7S.HI/c1-6-20-19(21-10-9-16-13(4)22-14(5)27-16)23-15-7-8-17-24-18(12(2)3)25-26(17)11-15;/h12,15H,6-11H2,1-5H3,(H2,20,21,23);1H. The number of halogens is 1. The molecule has 1 aliphatic rings. The smallest absolute Gasteiger partial charge is 0.191 e. The number of thiazole rings is 1. The third kappa shape index (κ3) is 5.88. The maximum Gasteiger partial charge on any atom is 0.191 e. The van der Waals surface area contributed by atoms with E-state index in [0.29, 0.717) is 12.0 Å². The average molecular weight is 517 g/mol.